The second kappa shape index (κ2) is 7.99. The minimum Gasteiger partial charge on any atom is -0.463 e. The molecule has 3 N–H and O–H groups in total. The van der Waals surface area contributed by atoms with Crippen LogP contribution < -0.4 is 10.6 Å². The molecule has 0 fully saturated rings. The van der Waals surface area contributed by atoms with Gasteiger partial charge in [-0.25, -0.2) is 4.99 Å². The summed E-state index contributed by atoms with van der Waals surface area (Å²) in [5.74, 6) is 1.99. The molecule has 1 atom stereocenters. The van der Waals surface area contributed by atoms with Gasteiger partial charge in [-0.05, 0) is 61.0 Å². The first-order valence-corrected chi connectivity index (χ1v) is 9.07. The summed E-state index contributed by atoms with van der Waals surface area (Å²) in [5, 5.41) is 16.9. The summed E-state index contributed by atoms with van der Waals surface area (Å²) in [4.78, 5) is 5.71. The van der Waals surface area contributed by atoms with Crippen LogP contribution in [0, 0.1) is 6.92 Å². The van der Waals surface area contributed by atoms with Crippen LogP contribution in [0.5, 0.6) is 0 Å². The zero-order valence-corrected chi connectivity index (χ0v) is 15.9. The van der Waals surface area contributed by atoms with E-state index in [0.29, 0.717) is 24.8 Å². The molecule has 1 unspecified atom stereocenters. The van der Waals surface area contributed by atoms with E-state index in [1.165, 1.54) is 4.88 Å². The van der Waals surface area contributed by atoms with Crippen molar-refractivity contribution in [1.82, 2.24) is 10.6 Å². The lowest BCUT2D eigenvalue weighted by molar-refractivity contribution is 0.0378. The number of thiophene rings is 1. The number of aliphatic hydroxyl groups is 1. The highest BCUT2D eigenvalue weighted by Crippen LogP contribution is 2.23. The fraction of sp³-hybridized carbons (Fsp3) is 0.438. The average molecular weight is 400 g/mol. The SMILES string of the molecule is CCNC(=NCc1ccc(Br)s1)NCC(C)(O)c1ccc(C)o1. The molecule has 0 bridgehead atoms. The summed E-state index contributed by atoms with van der Waals surface area (Å²) in [6, 6.07) is 7.70. The molecular weight excluding hydrogens is 378 g/mol. The van der Waals surface area contributed by atoms with Crippen LogP contribution in [0.25, 0.3) is 0 Å². The molecule has 0 saturated carbocycles. The lowest BCUT2D eigenvalue weighted by Gasteiger charge is -2.22. The van der Waals surface area contributed by atoms with Gasteiger partial charge in [0, 0.05) is 11.4 Å². The zero-order chi connectivity index (χ0) is 16.9. The number of aryl methyl sites for hydroxylation is 1. The number of aliphatic imine (C=N–C) groups is 1. The zero-order valence-electron chi connectivity index (χ0n) is 13.5. The summed E-state index contributed by atoms with van der Waals surface area (Å²) in [5.41, 5.74) is -1.10. The Morgan fingerprint density at radius 1 is 1.35 bits per heavy atom. The van der Waals surface area contributed by atoms with E-state index < -0.39 is 5.60 Å². The Kier molecular flexibility index (Phi) is 6.26. The van der Waals surface area contributed by atoms with Crippen molar-refractivity contribution in [2.45, 2.75) is 32.9 Å². The molecule has 7 heteroatoms. The van der Waals surface area contributed by atoms with Crippen molar-refractivity contribution in [3.8, 4) is 0 Å². The van der Waals surface area contributed by atoms with Gasteiger partial charge in [0.25, 0.3) is 0 Å². The molecule has 0 aliphatic heterocycles. The first kappa shape index (κ1) is 18.0. The Balaban J connectivity index is 1.98. The van der Waals surface area contributed by atoms with E-state index in [-0.39, 0.29) is 0 Å². The van der Waals surface area contributed by atoms with Crippen LogP contribution in [-0.2, 0) is 12.1 Å². The monoisotopic (exact) mass is 399 g/mol. The van der Waals surface area contributed by atoms with Crippen molar-refractivity contribution in [2.24, 2.45) is 4.99 Å². The molecule has 126 valence electrons. The molecular formula is C16H22BrN3O2S. The number of hydrogen-bond acceptors (Lipinski definition) is 4. The van der Waals surface area contributed by atoms with Crippen molar-refractivity contribution in [3.05, 3.63) is 44.4 Å². The third kappa shape index (κ3) is 5.37. The van der Waals surface area contributed by atoms with Gasteiger partial charge in [0.1, 0.15) is 17.1 Å². The Bertz CT molecular complexity index is 664. The number of nitrogens with zero attached hydrogens (tertiary/aromatic N) is 1. The molecule has 5 nitrogen and oxygen atoms in total. The van der Waals surface area contributed by atoms with Gasteiger partial charge >= 0.3 is 0 Å². The molecule has 2 rings (SSSR count). The van der Waals surface area contributed by atoms with Gasteiger partial charge in [0.15, 0.2) is 5.96 Å². The number of guanidine groups is 1. The molecule has 0 saturated heterocycles. The Labute approximate surface area is 148 Å². The molecule has 2 aromatic heterocycles. The van der Waals surface area contributed by atoms with E-state index in [1.807, 2.05) is 32.0 Å². The highest BCUT2D eigenvalue weighted by atomic mass is 79.9. The van der Waals surface area contributed by atoms with Crippen molar-refractivity contribution in [3.63, 3.8) is 0 Å². The maximum absolute atomic E-state index is 10.6. The van der Waals surface area contributed by atoms with E-state index in [4.69, 9.17) is 4.42 Å². The molecule has 23 heavy (non-hydrogen) atoms. The Hall–Kier alpha value is -1.31. The predicted molar refractivity (Wildman–Crippen MR) is 97.9 cm³/mol. The maximum atomic E-state index is 10.6. The number of halogens is 1. The van der Waals surface area contributed by atoms with Crippen LogP contribution >= 0.6 is 27.3 Å². The van der Waals surface area contributed by atoms with Gasteiger partial charge in [0.05, 0.1) is 16.9 Å². The van der Waals surface area contributed by atoms with Crippen LogP contribution in [0.1, 0.15) is 30.2 Å². The summed E-state index contributed by atoms with van der Waals surface area (Å²) < 4.78 is 6.61. The number of furan rings is 1. The highest BCUT2D eigenvalue weighted by Gasteiger charge is 2.27. The summed E-state index contributed by atoms with van der Waals surface area (Å²) in [7, 11) is 0. The molecule has 2 aromatic rings. The standard InChI is InChI=1S/C16H22BrN3O2S/c1-4-18-15(19-9-12-6-8-14(17)23-12)20-10-16(3,21)13-7-5-11(2)22-13/h5-8,21H,4,9-10H2,1-3H3,(H2,18,19,20). The van der Waals surface area contributed by atoms with Crippen molar-refractivity contribution in [1.29, 1.82) is 0 Å². The Morgan fingerprint density at radius 3 is 2.70 bits per heavy atom. The molecule has 0 aromatic carbocycles. The number of nitrogens with one attached hydrogen (secondary N) is 2. The first-order chi connectivity index (χ1) is 10.9. The smallest absolute Gasteiger partial charge is 0.191 e. The fourth-order valence-corrected chi connectivity index (χ4v) is 3.41. The van der Waals surface area contributed by atoms with Gasteiger partial charge in [-0.3, -0.25) is 0 Å². The summed E-state index contributed by atoms with van der Waals surface area (Å²) >= 11 is 5.11. The third-order valence-electron chi connectivity index (χ3n) is 3.24. The normalized spacial score (nSPS) is 14.6. The molecule has 0 aliphatic carbocycles. The van der Waals surface area contributed by atoms with E-state index in [0.717, 1.165) is 16.1 Å². The average Bonchev–Trinajstić information content (AvgIpc) is 3.11. The van der Waals surface area contributed by atoms with Gasteiger partial charge in [-0.15, -0.1) is 11.3 Å². The minimum absolute atomic E-state index is 0.305. The fourth-order valence-electron chi connectivity index (χ4n) is 2.00. The molecule has 0 spiro atoms. The first-order valence-electron chi connectivity index (χ1n) is 7.46. The van der Waals surface area contributed by atoms with Crippen LogP contribution in [0.15, 0.2) is 37.5 Å². The predicted octanol–water partition coefficient (Wildman–Crippen LogP) is 3.37. The van der Waals surface area contributed by atoms with Gasteiger partial charge in [0.2, 0.25) is 0 Å². The van der Waals surface area contributed by atoms with E-state index in [9.17, 15) is 5.11 Å². The second-order valence-corrected chi connectivity index (χ2v) is 7.99. The minimum atomic E-state index is -1.10. The highest BCUT2D eigenvalue weighted by molar-refractivity contribution is 9.11. The topological polar surface area (TPSA) is 69.8 Å². The van der Waals surface area contributed by atoms with Crippen molar-refractivity contribution < 1.29 is 9.52 Å². The molecule has 0 aliphatic rings. The second-order valence-electron chi connectivity index (χ2n) is 5.44. The summed E-state index contributed by atoms with van der Waals surface area (Å²) in [6.45, 7) is 7.23. The largest absolute Gasteiger partial charge is 0.463 e. The lowest BCUT2D eigenvalue weighted by Crippen LogP contribution is -2.44. The van der Waals surface area contributed by atoms with Crippen molar-refractivity contribution >= 4 is 33.2 Å². The quantitative estimate of drug-likeness (QED) is 0.514. The van der Waals surface area contributed by atoms with Gasteiger partial charge in [-0.2, -0.15) is 0 Å². The number of hydrogen-bond donors (Lipinski definition) is 3. The molecule has 2 heterocycles. The molecule has 0 amide bonds. The van der Waals surface area contributed by atoms with Crippen molar-refractivity contribution in [2.75, 3.05) is 13.1 Å². The van der Waals surface area contributed by atoms with E-state index in [1.54, 1.807) is 24.3 Å². The summed E-state index contributed by atoms with van der Waals surface area (Å²) in [6.07, 6.45) is 0. The Morgan fingerprint density at radius 2 is 2.13 bits per heavy atom. The lowest BCUT2D eigenvalue weighted by atomic mass is 10.0. The van der Waals surface area contributed by atoms with E-state index >= 15 is 0 Å². The van der Waals surface area contributed by atoms with Gasteiger partial charge in [-0.1, -0.05) is 0 Å². The van der Waals surface area contributed by atoms with Crippen LogP contribution in [0.3, 0.4) is 0 Å². The van der Waals surface area contributed by atoms with Gasteiger partial charge < -0.3 is 20.2 Å². The molecule has 0 radical (unpaired) electrons. The third-order valence-corrected chi connectivity index (χ3v) is 4.85. The maximum Gasteiger partial charge on any atom is 0.191 e. The van der Waals surface area contributed by atoms with Crippen LogP contribution in [0.4, 0.5) is 0 Å². The number of rotatable bonds is 6. The van der Waals surface area contributed by atoms with E-state index in [2.05, 4.69) is 31.6 Å². The van der Waals surface area contributed by atoms with Crippen LogP contribution in [0.2, 0.25) is 0 Å². The van der Waals surface area contributed by atoms with Crippen LogP contribution in [-0.4, -0.2) is 24.2 Å².